The zero-order valence-electron chi connectivity index (χ0n) is 21.8. The number of hydrogen-bond acceptors (Lipinski definition) is 4. The van der Waals surface area contributed by atoms with Crippen molar-refractivity contribution < 1.29 is 19.5 Å². The average Bonchev–Trinajstić information content (AvgIpc) is 3.42. The van der Waals surface area contributed by atoms with Crippen molar-refractivity contribution in [3.8, 4) is 0 Å². The van der Waals surface area contributed by atoms with Gasteiger partial charge in [-0.15, -0.1) is 0 Å². The van der Waals surface area contributed by atoms with Crippen molar-refractivity contribution in [3.05, 3.63) is 101 Å². The largest absolute Gasteiger partial charge is 0.480 e. The lowest BCUT2D eigenvalue weighted by Gasteiger charge is -2.36. The van der Waals surface area contributed by atoms with Gasteiger partial charge in [-0.3, -0.25) is 19.7 Å². The minimum Gasteiger partial charge on any atom is -0.480 e. The lowest BCUT2D eigenvalue weighted by Crippen LogP contribution is -2.59. The number of hydrogen-bond donors (Lipinski definition) is 2. The molecule has 2 amide bonds. The molecule has 2 aliphatic heterocycles. The van der Waals surface area contributed by atoms with Gasteiger partial charge in [-0.2, -0.15) is 0 Å². The van der Waals surface area contributed by atoms with Crippen LogP contribution >= 0.6 is 0 Å². The summed E-state index contributed by atoms with van der Waals surface area (Å²) in [5.41, 5.74) is 2.60. The van der Waals surface area contributed by atoms with Crippen LogP contribution in [0.25, 0.3) is 12.2 Å². The number of rotatable bonds is 7. The number of amides is 2. The maximum Gasteiger partial charge on any atom is 0.325 e. The minimum absolute atomic E-state index is 0.355. The Hall–Kier alpha value is -4.03. The van der Waals surface area contributed by atoms with Crippen LogP contribution in [0.5, 0.6) is 0 Å². The predicted molar refractivity (Wildman–Crippen MR) is 148 cm³/mol. The van der Waals surface area contributed by atoms with Crippen molar-refractivity contribution in [1.82, 2.24) is 5.32 Å². The summed E-state index contributed by atoms with van der Waals surface area (Å²) in [6, 6.07) is 24.4. The third kappa shape index (κ3) is 4.05. The second-order valence-electron chi connectivity index (χ2n) is 10.3. The molecule has 5 atom stereocenters. The van der Waals surface area contributed by atoms with E-state index < -0.39 is 35.3 Å². The van der Waals surface area contributed by atoms with Crippen molar-refractivity contribution in [2.75, 3.05) is 4.90 Å². The van der Waals surface area contributed by atoms with Crippen molar-refractivity contribution in [2.45, 2.75) is 38.8 Å². The van der Waals surface area contributed by atoms with Crippen LogP contribution in [0.2, 0.25) is 0 Å². The molecule has 0 spiro atoms. The molecule has 0 saturated carbocycles. The number of carboxylic acid groups (broad SMARTS) is 1. The van der Waals surface area contributed by atoms with Gasteiger partial charge in [0.2, 0.25) is 11.8 Å². The van der Waals surface area contributed by atoms with E-state index in [1.165, 1.54) is 4.90 Å². The van der Waals surface area contributed by atoms with E-state index in [0.717, 1.165) is 22.3 Å². The molecule has 194 valence electrons. The summed E-state index contributed by atoms with van der Waals surface area (Å²) in [6.45, 7) is 5.60. The Morgan fingerprint density at radius 1 is 0.947 bits per heavy atom. The Labute approximate surface area is 223 Å². The Balaban J connectivity index is 1.55. The Bertz CT molecular complexity index is 1400. The summed E-state index contributed by atoms with van der Waals surface area (Å²) in [4.78, 5) is 42.0. The third-order valence-electron chi connectivity index (χ3n) is 8.26. The average molecular weight is 509 g/mol. The summed E-state index contributed by atoms with van der Waals surface area (Å²) < 4.78 is 0. The molecular formula is C32H32N2O4. The van der Waals surface area contributed by atoms with E-state index in [2.05, 4.69) is 5.32 Å². The monoisotopic (exact) mass is 508 g/mol. The van der Waals surface area contributed by atoms with Crippen molar-refractivity contribution in [2.24, 2.45) is 17.8 Å². The van der Waals surface area contributed by atoms with Gasteiger partial charge in [0.15, 0.2) is 0 Å². The van der Waals surface area contributed by atoms with Crippen LogP contribution in [0.1, 0.15) is 48.6 Å². The maximum absolute atomic E-state index is 13.9. The van der Waals surface area contributed by atoms with Gasteiger partial charge >= 0.3 is 5.97 Å². The zero-order valence-corrected chi connectivity index (χ0v) is 21.8. The topological polar surface area (TPSA) is 86.7 Å². The van der Waals surface area contributed by atoms with Crippen molar-refractivity contribution in [1.29, 1.82) is 0 Å². The number of fused-ring (bicyclic) bond motifs is 1. The van der Waals surface area contributed by atoms with Crippen LogP contribution in [-0.4, -0.2) is 28.4 Å². The Morgan fingerprint density at radius 3 is 2.16 bits per heavy atom. The van der Waals surface area contributed by atoms with Crippen molar-refractivity contribution >= 4 is 35.6 Å². The molecule has 2 fully saturated rings. The number of nitrogens with one attached hydrogen (secondary N) is 1. The SMILES string of the molecule is CCC(C)C1(C(=O)O)NC(c2ccc(C=Cc3ccccc3)cc2)C2C(=O)N(c3ccccc3C)C(=O)C21. The number of anilines is 1. The van der Waals surface area contributed by atoms with Gasteiger partial charge in [-0.1, -0.05) is 105 Å². The molecule has 0 aliphatic carbocycles. The molecule has 0 aromatic heterocycles. The fourth-order valence-electron chi connectivity index (χ4n) is 6.03. The molecule has 2 aliphatic rings. The Kier molecular flexibility index (Phi) is 6.76. The highest BCUT2D eigenvalue weighted by Gasteiger charge is 2.70. The van der Waals surface area contributed by atoms with E-state index in [1.54, 1.807) is 12.1 Å². The van der Waals surface area contributed by atoms with Gasteiger partial charge in [0.1, 0.15) is 5.54 Å². The minimum atomic E-state index is -1.56. The van der Waals surface area contributed by atoms with E-state index >= 15 is 0 Å². The number of carbonyl (C=O) groups is 3. The summed E-state index contributed by atoms with van der Waals surface area (Å²) >= 11 is 0. The van der Waals surface area contributed by atoms with E-state index in [4.69, 9.17) is 0 Å². The van der Waals surface area contributed by atoms with E-state index in [9.17, 15) is 19.5 Å². The maximum atomic E-state index is 13.9. The number of aliphatic carboxylic acids is 1. The van der Waals surface area contributed by atoms with Crippen LogP contribution in [-0.2, 0) is 14.4 Å². The highest BCUT2D eigenvalue weighted by Crippen LogP contribution is 2.53. The number of para-hydroxylation sites is 1. The van der Waals surface area contributed by atoms with Crippen LogP contribution in [0, 0.1) is 24.7 Å². The van der Waals surface area contributed by atoms with Crippen molar-refractivity contribution in [3.63, 3.8) is 0 Å². The van der Waals surface area contributed by atoms with Gasteiger partial charge in [0.25, 0.3) is 0 Å². The molecule has 3 aromatic rings. The number of nitrogens with zero attached hydrogens (tertiary/aromatic N) is 1. The lowest BCUT2D eigenvalue weighted by molar-refractivity contribution is -0.151. The van der Waals surface area contributed by atoms with E-state index in [0.29, 0.717) is 12.1 Å². The van der Waals surface area contributed by atoms with Crippen LogP contribution in [0.15, 0.2) is 78.9 Å². The summed E-state index contributed by atoms with van der Waals surface area (Å²) in [7, 11) is 0. The van der Waals surface area contributed by atoms with Gasteiger partial charge in [-0.05, 0) is 41.2 Å². The first-order valence-electron chi connectivity index (χ1n) is 13.1. The van der Waals surface area contributed by atoms with Gasteiger partial charge in [0.05, 0.1) is 17.5 Å². The quantitative estimate of drug-likeness (QED) is 0.326. The van der Waals surface area contributed by atoms with Gasteiger partial charge < -0.3 is 5.11 Å². The molecule has 2 heterocycles. The zero-order chi connectivity index (χ0) is 27.0. The first-order chi connectivity index (χ1) is 18.3. The highest BCUT2D eigenvalue weighted by atomic mass is 16.4. The number of benzene rings is 3. The molecule has 2 saturated heterocycles. The van der Waals surface area contributed by atoms with E-state index in [-0.39, 0.29) is 11.8 Å². The van der Waals surface area contributed by atoms with Crippen LogP contribution in [0.4, 0.5) is 5.69 Å². The van der Waals surface area contributed by atoms with Gasteiger partial charge in [0, 0.05) is 6.04 Å². The molecule has 5 unspecified atom stereocenters. The number of aryl methyl sites for hydroxylation is 1. The normalized spacial score (nSPS) is 25.7. The van der Waals surface area contributed by atoms with E-state index in [1.807, 2.05) is 99.7 Å². The summed E-state index contributed by atoms with van der Waals surface area (Å²) in [6.07, 6.45) is 4.58. The first-order valence-corrected chi connectivity index (χ1v) is 13.1. The standard InChI is InChI=1S/C32H32N2O4/c1-4-21(3)32(31(37)38)27-26(29(35)34(30(27)36)25-13-9-8-10-20(25)2)28(33-32)24-18-16-23(17-19-24)15-14-22-11-6-5-7-12-22/h5-19,21,26-28,33H,4H2,1-3H3,(H,37,38). The lowest BCUT2D eigenvalue weighted by atomic mass is 9.72. The number of carbonyl (C=O) groups excluding carboxylic acids is 2. The number of imide groups is 1. The third-order valence-corrected chi connectivity index (χ3v) is 8.26. The van der Waals surface area contributed by atoms with Gasteiger partial charge in [-0.25, -0.2) is 4.90 Å². The molecule has 0 radical (unpaired) electrons. The van der Waals surface area contributed by atoms with Crippen LogP contribution < -0.4 is 10.2 Å². The highest BCUT2D eigenvalue weighted by molar-refractivity contribution is 6.24. The molecular weight excluding hydrogens is 476 g/mol. The molecule has 38 heavy (non-hydrogen) atoms. The first kappa shape index (κ1) is 25.6. The summed E-state index contributed by atoms with van der Waals surface area (Å²) in [5, 5.41) is 13.9. The fourth-order valence-corrected chi connectivity index (χ4v) is 6.03. The fraction of sp³-hybridized carbons (Fsp3) is 0.281. The second kappa shape index (κ2) is 10.0. The smallest absolute Gasteiger partial charge is 0.325 e. The Morgan fingerprint density at radius 2 is 1.55 bits per heavy atom. The van der Waals surface area contributed by atoms with Crippen LogP contribution in [0.3, 0.4) is 0 Å². The number of carboxylic acids is 1. The molecule has 5 rings (SSSR count). The molecule has 0 bridgehead atoms. The predicted octanol–water partition coefficient (Wildman–Crippen LogP) is 5.49. The molecule has 3 aromatic carbocycles. The molecule has 2 N–H and O–H groups in total. The summed E-state index contributed by atoms with van der Waals surface area (Å²) in [5.74, 6) is -4.11. The molecule has 6 nitrogen and oxygen atoms in total. The molecule has 6 heteroatoms. The second-order valence-corrected chi connectivity index (χ2v) is 10.3.